The SMILES string of the molecule is CCCCC(CC)C(=O)C(NC(=O)[C@H](CSC(c1ccccc1)(c1ccccc1)c1ccccc1)NC(=O)OC(C)(C)C)C(=O)OC. The van der Waals surface area contributed by atoms with E-state index in [-0.39, 0.29) is 5.75 Å². The lowest BCUT2D eigenvalue weighted by atomic mass is 9.84. The number of esters is 1. The van der Waals surface area contributed by atoms with E-state index in [4.69, 9.17) is 9.47 Å². The fraction of sp³-hybridized carbons (Fsp3) is 0.421. The molecule has 3 rings (SSSR count). The number of hydrogen-bond donors (Lipinski definition) is 2. The molecule has 0 aliphatic heterocycles. The van der Waals surface area contributed by atoms with Gasteiger partial charge in [0, 0.05) is 11.7 Å². The van der Waals surface area contributed by atoms with Gasteiger partial charge in [-0.15, -0.1) is 11.8 Å². The van der Waals surface area contributed by atoms with E-state index in [9.17, 15) is 19.2 Å². The summed E-state index contributed by atoms with van der Waals surface area (Å²) >= 11 is 1.46. The third kappa shape index (κ3) is 10.2. The quantitative estimate of drug-likeness (QED) is 0.0963. The number of alkyl carbamates (subject to hydrolysis) is 1. The number of hydrogen-bond acceptors (Lipinski definition) is 7. The van der Waals surface area contributed by atoms with E-state index in [1.54, 1.807) is 20.8 Å². The zero-order valence-electron chi connectivity index (χ0n) is 28.3. The summed E-state index contributed by atoms with van der Waals surface area (Å²) in [5.74, 6) is -2.31. The van der Waals surface area contributed by atoms with Crippen LogP contribution in [-0.4, -0.2) is 54.3 Å². The Labute approximate surface area is 283 Å². The average molecular weight is 661 g/mol. The van der Waals surface area contributed by atoms with Gasteiger partial charge in [-0.05, 0) is 50.3 Å². The fourth-order valence-corrected chi connectivity index (χ4v) is 7.01. The molecule has 0 aliphatic rings. The number of Topliss-reactive ketones (excluding diaryl/α,β-unsaturated/α-hetero) is 1. The standard InChI is InChI=1S/C38H48N2O6S/c1-7-9-19-27(8-2)33(41)32(35(43)45-6)40-34(42)31(39-36(44)46-37(3,4)5)26-47-38(28-20-13-10-14-21-28,29-22-15-11-16-23-29)30-24-17-12-18-25-30/h10-18,20-25,27,31-32H,7-9,19,26H2,1-6H3,(H,39,44)(H,40,42)/t27?,31-,32?/m0/s1. The number of unbranched alkanes of at least 4 members (excludes halogenated alkanes) is 1. The molecule has 3 aromatic rings. The molecule has 252 valence electrons. The van der Waals surface area contributed by atoms with Crippen molar-refractivity contribution in [3.8, 4) is 0 Å². The Morgan fingerprint density at radius 1 is 0.766 bits per heavy atom. The highest BCUT2D eigenvalue weighted by Crippen LogP contribution is 2.48. The number of rotatable bonds is 16. The lowest BCUT2D eigenvalue weighted by molar-refractivity contribution is -0.149. The molecule has 3 atom stereocenters. The molecule has 3 aromatic carbocycles. The number of thioether (sulfide) groups is 1. The molecule has 8 nitrogen and oxygen atoms in total. The van der Waals surface area contributed by atoms with Gasteiger partial charge in [-0.3, -0.25) is 9.59 Å². The van der Waals surface area contributed by atoms with Crippen LogP contribution in [0.3, 0.4) is 0 Å². The highest BCUT2D eigenvalue weighted by Gasteiger charge is 2.40. The van der Waals surface area contributed by atoms with Crippen LogP contribution in [0.1, 0.15) is 77.0 Å². The van der Waals surface area contributed by atoms with Gasteiger partial charge in [-0.2, -0.15) is 0 Å². The Morgan fingerprint density at radius 2 is 1.26 bits per heavy atom. The lowest BCUT2D eigenvalue weighted by Gasteiger charge is -2.36. The minimum Gasteiger partial charge on any atom is -0.467 e. The first kappa shape index (κ1) is 37.3. The van der Waals surface area contributed by atoms with Crippen molar-refractivity contribution in [1.29, 1.82) is 0 Å². The van der Waals surface area contributed by atoms with Gasteiger partial charge < -0.3 is 20.1 Å². The number of methoxy groups -OCH3 is 1. The predicted molar refractivity (Wildman–Crippen MR) is 187 cm³/mol. The number of carbonyl (C=O) groups excluding carboxylic acids is 4. The average Bonchev–Trinajstić information content (AvgIpc) is 3.07. The molecular weight excluding hydrogens is 612 g/mol. The summed E-state index contributed by atoms with van der Waals surface area (Å²) in [7, 11) is 1.18. The van der Waals surface area contributed by atoms with E-state index in [0.29, 0.717) is 12.8 Å². The van der Waals surface area contributed by atoms with Crippen LogP contribution in [-0.2, 0) is 28.6 Å². The third-order valence-electron chi connectivity index (χ3n) is 7.82. The highest BCUT2D eigenvalue weighted by atomic mass is 32.2. The summed E-state index contributed by atoms with van der Waals surface area (Å²) in [5, 5.41) is 5.36. The molecule has 0 spiro atoms. The van der Waals surface area contributed by atoms with Crippen molar-refractivity contribution in [2.24, 2.45) is 5.92 Å². The Hall–Kier alpha value is -4.11. The largest absolute Gasteiger partial charge is 0.467 e. The monoisotopic (exact) mass is 660 g/mol. The van der Waals surface area contributed by atoms with Crippen LogP contribution in [0.4, 0.5) is 4.79 Å². The van der Waals surface area contributed by atoms with Crippen LogP contribution < -0.4 is 10.6 Å². The molecule has 2 unspecified atom stereocenters. The van der Waals surface area contributed by atoms with Gasteiger partial charge in [-0.25, -0.2) is 9.59 Å². The van der Waals surface area contributed by atoms with Gasteiger partial charge in [0.15, 0.2) is 11.8 Å². The van der Waals surface area contributed by atoms with Crippen LogP contribution in [0.15, 0.2) is 91.0 Å². The number of ether oxygens (including phenoxy) is 2. The van der Waals surface area contributed by atoms with Crippen molar-refractivity contribution in [2.75, 3.05) is 12.9 Å². The van der Waals surface area contributed by atoms with Gasteiger partial charge in [-0.1, -0.05) is 118 Å². The molecule has 0 aliphatic carbocycles. The van der Waals surface area contributed by atoms with Crippen LogP contribution in [0.2, 0.25) is 0 Å². The van der Waals surface area contributed by atoms with Crippen molar-refractivity contribution in [1.82, 2.24) is 10.6 Å². The summed E-state index contributed by atoms with van der Waals surface area (Å²) in [5.41, 5.74) is 2.10. The van der Waals surface area contributed by atoms with E-state index in [1.165, 1.54) is 18.9 Å². The lowest BCUT2D eigenvalue weighted by Crippen LogP contribution is -2.56. The van der Waals surface area contributed by atoms with Crippen molar-refractivity contribution in [3.05, 3.63) is 108 Å². The molecular formula is C38H48N2O6S. The highest BCUT2D eigenvalue weighted by molar-refractivity contribution is 8.00. The first-order chi connectivity index (χ1) is 22.5. The van der Waals surface area contributed by atoms with E-state index < -0.39 is 52.1 Å². The van der Waals surface area contributed by atoms with E-state index >= 15 is 0 Å². The predicted octanol–water partition coefficient (Wildman–Crippen LogP) is 7.05. The van der Waals surface area contributed by atoms with E-state index in [2.05, 4.69) is 10.6 Å². The Bertz CT molecular complexity index is 1350. The zero-order valence-corrected chi connectivity index (χ0v) is 29.1. The molecule has 0 aromatic heterocycles. The summed E-state index contributed by atoms with van der Waals surface area (Å²) in [6, 6.07) is 27.2. The number of nitrogens with one attached hydrogen (secondary N) is 2. The molecule has 0 heterocycles. The van der Waals surface area contributed by atoms with Crippen LogP contribution in [0.5, 0.6) is 0 Å². The Balaban J connectivity index is 2.07. The molecule has 0 fully saturated rings. The minimum absolute atomic E-state index is 0.0683. The van der Waals surface area contributed by atoms with E-state index in [1.807, 2.05) is 105 Å². The summed E-state index contributed by atoms with van der Waals surface area (Å²) in [6.07, 6.45) is 2.03. The second-order valence-corrected chi connectivity index (χ2v) is 13.6. The van der Waals surface area contributed by atoms with Gasteiger partial charge in [0.25, 0.3) is 0 Å². The molecule has 0 saturated carbocycles. The maximum absolute atomic E-state index is 14.1. The fourth-order valence-electron chi connectivity index (χ4n) is 5.45. The van der Waals surface area contributed by atoms with Crippen LogP contribution in [0, 0.1) is 5.92 Å². The van der Waals surface area contributed by atoms with Crippen molar-refractivity contribution >= 4 is 35.5 Å². The van der Waals surface area contributed by atoms with Crippen molar-refractivity contribution in [2.45, 2.75) is 82.7 Å². The second-order valence-electron chi connectivity index (χ2n) is 12.4. The first-order valence-electron chi connectivity index (χ1n) is 16.2. The van der Waals surface area contributed by atoms with Crippen LogP contribution >= 0.6 is 11.8 Å². The van der Waals surface area contributed by atoms with Gasteiger partial charge in [0.1, 0.15) is 11.6 Å². The molecule has 2 N–H and O–H groups in total. The zero-order chi connectivity index (χ0) is 34.5. The first-order valence-corrected chi connectivity index (χ1v) is 17.2. The topological polar surface area (TPSA) is 111 Å². The smallest absolute Gasteiger partial charge is 0.408 e. The number of ketones is 1. The number of amides is 2. The molecule has 0 bridgehead atoms. The number of carbonyl (C=O) groups is 4. The summed E-state index contributed by atoms with van der Waals surface area (Å²) in [6.45, 7) is 9.11. The molecule has 0 radical (unpaired) electrons. The number of benzene rings is 3. The van der Waals surface area contributed by atoms with Gasteiger partial charge in [0.05, 0.1) is 11.9 Å². The van der Waals surface area contributed by atoms with Crippen LogP contribution in [0.25, 0.3) is 0 Å². The Morgan fingerprint density at radius 3 is 1.66 bits per heavy atom. The van der Waals surface area contributed by atoms with Crippen molar-refractivity contribution < 1.29 is 28.7 Å². The van der Waals surface area contributed by atoms with E-state index in [0.717, 1.165) is 29.5 Å². The maximum Gasteiger partial charge on any atom is 0.408 e. The molecule has 9 heteroatoms. The van der Waals surface area contributed by atoms with Gasteiger partial charge in [0.2, 0.25) is 5.91 Å². The second kappa shape index (κ2) is 17.7. The third-order valence-corrected chi connectivity index (χ3v) is 9.46. The maximum atomic E-state index is 14.1. The molecule has 2 amide bonds. The molecule has 47 heavy (non-hydrogen) atoms. The Kier molecular flexibility index (Phi) is 14.1. The summed E-state index contributed by atoms with van der Waals surface area (Å²) < 4.78 is 9.69. The normalized spacial score (nSPS) is 13.5. The van der Waals surface area contributed by atoms with Crippen molar-refractivity contribution in [3.63, 3.8) is 0 Å². The minimum atomic E-state index is -1.51. The molecule has 0 saturated heterocycles. The van der Waals surface area contributed by atoms with Gasteiger partial charge >= 0.3 is 12.1 Å². The summed E-state index contributed by atoms with van der Waals surface area (Å²) in [4.78, 5) is 53.7.